The van der Waals surface area contributed by atoms with Crippen LogP contribution in [0.5, 0.6) is 0 Å². The Kier molecular flexibility index (Phi) is 3.31. The summed E-state index contributed by atoms with van der Waals surface area (Å²) in [6.07, 6.45) is -0.542. The lowest BCUT2D eigenvalue weighted by molar-refractivity contribution is 0.164. The van der Waals surface area contributed by atoms with Crippen molar-refractivity contribution in [3.05, 3.63) is 34.3 Å². The first-order valence-electron chi connectivity index (χ1n) is 4.22. The van der Waals surface area contributed by atoms with E-state index in [1.54, 1.807) is 13.0 Å². The predicted octanol–water partition coefficient (Wildman–Crippen LogP) is 2.03. The summed E-state index contributed by atoms with van der Waals surface area (Å²) in [5.74, 6) is 0. The Bertz CT molecular complexity index is 299. The summed E-state index contributed by atoms with van der Waals surface area (Å²) in [7, 11) is 0. The average molecular weight is 200 g/mol. The highest BCUT2D eigenvalue weighted by Gasteiger charge is 2.13. The van der Waals surface area contributed by atoms with Gasteiger partial charge in [-0.3, -0.25) is 0 Å². The van der Waals surface area contributed by atoms with E-state index < -0.39 is 6.10 Å². The molecule has 0 aromatic heterocycles. The summed E-state index contributed by atoms with van der Waals surface area (Å²) in [4.78, 5) is 0. The van der Waals surface area contributed by atoms with Gasteiger partial charge in [-0.05, 0) is 37.1 Å². The molecule has 0 aliphatic rings. The molecule has 0 heterocycles. The number of hydrogen-bond donors (Lipinski definition) is 2. The van der Waals surface area contributed by atoms with Gasteiger partial charge in [0.25, 0.3) is 0 Å². The van der Waals surface area contributed by atoms with Gasteiger partial charge >= 0.3 is 0 Å². The Hall–Kier alpha value is -0.570. The van der Waals surface area contributed by atoms with Crippen molar-refractivity contribution in [1.82, 2.24) is 0 Å². The fourth-order valence-electron chi connectivity index (χ4n) is 1.27. The standard InChI is InChI=1S/C10H14ClNO/c1-6-5-8(11)3-4-9(6)10(12)7(2)13/h3-5,7,10,13H,12H2,1-2H3. The zero-order valence-electron chi connectivity index (χ0n) is 7.79. The van der Waals surface area contributed by atoms with Crippen LogP contribution in [0.4, 0.5) is 0 Å². The van der Waals surface area contributed by atoms with Crippen molar-refractivity contribution in [2.45, 2.75) is 26.0 Å². The molecular formula is C10H14ClNO. The number of benzene rings is 1. The van der Waals surface area contributed by atoms with Crippen LogP contribution in [-0.2, 0) is 0 Å². The van der Waals surface area contributed by atoms with Gasteiger partial charge in [-0.25, -0.2) is 0 Å². The quantitative estimate of drug-likeness (QED) is 0.766. The van der Waals surface area contributed by atoms with Crippen LogP contribution in [0.1, 0.15) is 24.1 Å². The molecule has 0 spiro atoms. The molecule has 0 bridgehead atoms. The minimum absolute atomic E-state index is 0.336. The number of aliphatic hydroxyl groups is 1. The van der Waals surface area contributed by atoms with Crippen molar-refractivity contribution < 1.29 is 5.11 Å². The van der Waals surface area contributed by atoms with Crippen molar-refractivity contribution in [3.8, 4) is 0 Å². The van der Waals surface area contributed by atoms with Crippen LogP contribution in [0.2, 0.25) is 5.02 Å². The van der Waals surface area contributed by atoms with E-state index in [4.69, 9.17) is 17.3 Å². The van der Waals surface area contributed by atoms with Crippen LogP contribution in [0.15, 0.2) is 18.2 Å². The van der Waals surface area contributed by atoms with E-state index in [-0.39, 0.29) is 6.04 Å². The number of hydrogen-bond acceptors (Lipinski definition) is 2. The first-order valence-corrected chi connectivity index (χ1v) is 4.60. The van der Waals surface area contributed by atoms with E-state index in [1.165, 1.54) is 0 Å². The van der Waals surface area contributed by atoms with Crippen LogP contribution in [0.3, 0.4) is 0 Å². The fraction of sp³-hybridized carbons (Fsp3) is 0.400. The summed E-state index contributed by atoms with van der Waals surface area (Å²) in [5.41, 5.74) is 7.75. The van der Waals surface area contributed by atoms with Crippen molar-refractivity contribution in [2.75, 3.05) is 0 Å². The number of nitrogens with two attached hydrogens (primary N) is 1. The van der Waals surface area contributed by atoms with Gasteiger partial charge in [0.05, 0.1) is 12.1 Å². The van der Waals surface area contributed by atoms with Gasteiger partial charge < -0.3 is 10.8 Å². The molecule has 0 fully saturated rings. The molecule has 72 valence electrons. The van der Waals surface area contributed by atoms with Gasteiger partial charge in [0.15, 0.2) is 0 Å². The molecule has 0 amide bonds. The topological polar surface area (TPSA) is 46.2 Å². The molecule has 1 aromatic rings. The third kappa shape index (κ3) is 2.44. The average Bonchev–Trinajstić information content (AvgIpc) is 2.03. The molecular weight excluding hydrogens is 186 g/mol. The smallest absolute Gasteiger partial charge is 0.0704 e. The van der Waals surface area contributed by atoms with Gasteiger partial charge in [-0.15, -0.1) is 0 Å². The lowest BCUT2D eigenvalue weighted by Gasteiger charge is -2.17. The van der Waals surface area contributed by atoms with Crippen LogP contribution in [-0.4, -0.2) is 11.2 Å². The van der Waals surface area contributed by atoms with Crippen LogP contribution in [0.25, 0.3) is 0 Å². The van der Waals surface area contributed by atoms with Crippen LogP contribution in [0, 0.1) is 6.92 Å². The number of rotatable bonds is 2. The highest BCUT2D eigenvalue weighted by molar-refractivity contribution is 6.30. The van der Waals surface area contributed by atoms with Gasteiger partial charge in [-0.1, -0.05) is 17.7 Å². The molecule has 3 N–H and O–H groups in total. The lowest BCUT2D eigenvalue weighted by atomic mass is 9.99. The van der Waals surface area contributed by atoms with E-state index in [1.807, 2.05) is 19.1 Å². The third-order valence-corrected chi connectivity index (χ3v) is 2.35. The Labute approximate surface area is 83.3 Å². The summed E-state index contributed by atoms with van der Waals surface area (Å²) in [6.45, 7) is 3.61. The van der Waals surface area contributed by atoms with E-state index in [0.717, 1.165) is 11.1 Å². The third-order valence-electron chi connectivity index (χ3n) is 2.11. The lowest BCUT2D eigenvalue weighted by Crippen LogP contribution is -2.23. The first kappa shape index (κ1) is 10.5. The number of aryl methyl sites for hydroxylation is 1. The molecule has 2 atom stereocenters. The molecule has 0 radical (unpaired) electrons. The molecule has 0 saturated heterocycles. The maximum absolute atomic E-state index is 9.31. The largest absolute Gasteiger partial charge is 0.391 e. The SMILES string of the molecule is Cc1cc(Cl)ccc1C(N)C(C)O. The molecule has 3 heteroatoms. The van der Waals surface area contributed by atoms with Crippen molar-refractivity contribution in [2.24, 2.45) is 5.73 Å². The van der Waals surface area contributed by atoms with Crippen molar-refractivity contribution in [1.29, 1.82) is 0 Å². The molecule has 0 aliphatic heterocycles. The molecule has 1 aromatic carbocycles. The Morgan fingerprint density at radius 1 is 1.46 bits per heavy atom. The number of aliphatic hydroxyl groups excluding tert-OH is 1. The van der Waals surface area contributed by atoms with Gasteiger partial charge in [0, 0.05) is 5.02 Å². The zero-order chi connectivity index (χ0) is 10.0. The van der Waals surface area contributed by atoms with Crippen molar-refractivity contribution in [3.63, 3.8) is 0 Å². The summed E-state index contributed by atoms with van der Waals surface area (Å²) >= 11 is 5.80. The molecule has 2 unspecified atom stereocenters. The fourth-order valence-corrected chi connectivity index (χ4v) is 1.50. The Morgan fingerprint density at radius 3 is 2.54 bits per heavy atom. The van der Waals surface area contributed by atoms with Crippen molar-refractivity contribution >= 4 is 11.6 Å². The Morgan fingerprint density at radius 2 is 2.08 bits per heavy atom. The molecule has 1 rings (SSSR count). The summed E-state index contributed by atoms with van der Waals surface area (Å²) < 4.78 is 0. The maximum atomic E-state index is 9.31. The second-order valence-electron chi connectivity index (χ2n) is 3.27. The van der Waals surface area contributed by atoms with Gasteiger partial charge in [0.1, 0.15) is 0 Å². The van der Waals surface area contributed by atoms with Gasteiger partial charge in [-0.2, -0.15) is 0 Å². The minimum Gasteiger partial charge on any atom is -0.391 e. The molecule has 0 saturated carbocycles. The normalized spacial score (nSPS) is 15.5. The van der Waals surface area contributed by atoms with E-state index in [0.29, 0.717) is 5.02 Å². The van der Waals surface area contributed by atoms with E-state index in [2.05, 4.69) is 0 Å². The summed E-state index contributed by atoms with van der Waals surface area (Å²) in [6, 6.07) is 5.15. The zero-order valence-corrected chi connectivity index (χ0v) is 8.55. The van der Waals surface area contributed by atoms with Crippen LogP contribution < -0.4 is 5.73 Å². The minimum atomic E-state index is -0.542. The predicted molar refractivity (Wildman–Crippen MR) is 54.8 cm³/mol. The Balaban J connectivity index is 3.01. The maximum Gasteiger partial charge on any atom is 0.0704 e. The summed E-state index contributed by atoms with van der Waals surface area (Å²) in [5, 5.41) is 10.0. The molecule has 0 aliphatic carbocycles. The van der Waals surface area contributed by atoms with E-state index in [9.17, 15) is 5.11 Å². The highest BCUT2D eigenvalue weighted by atomic mass is 35.5. The number of halogens is 1. The first-order chi connectivity index (χ1) is 6.02. The second-order valence-corrected chi connectivity index (χ2v) is 3.70. The molecule has 2 nitrogen and oxygen atoms in total. The van der Waals surface area contributed by atoms with Crippen LogP contribution >= 0.6 is 11.6 Å². The monoisotopic (exact) mass is 199 g/mol. The highest BCUT2D eigenvalue weighted by Crippen LogP contribution is 2.21. The second kappa shape index (κ2) is 4.09. The van der Waals surface area contributed by atoms with E-state index >= 15 is 0 Å². The van der Waals surface area contributed by atoms with Gasteiger partial charge in [0.2, 0.25) is 0 Å². The molecule has 13 heavy (non-hydrogen) atoms.